The van der Waals surface area contributed by atoms with Gasteiger partial charge in [0.2, 0.25) is 0 Å². The molecule has 0 unspecified atom stereocenters. The second-order valence-electron chi connectivity index (χ2n) is 6.12. The maximum Gasteiger partial charge on any atom is 0.150 e. The third kappa shape index (κ3) is 1.65. The number of rotatable bonds is 1. The van der Waals surface area contributed by atoms with Gasteiger partial charge in [-0.15, -0.1) is 0 Å². The highest BCUT2D eigenvalue weighted by atomic mass is 16.1. The van der Waals surface area contributed by atoms with Crippen molar-refractivity contribution in [2.75, 3.05) is 0 Å². The van der Waals surface area contributed by atoms with Crippen LogP contribution in [0.25, 0.3) is 0 Å². The first-order valence-electron chi connectivity index (χ1n) is 6.92. The van der Waals surface area contributed by atoms with E-state index in [1.807, 2.05) is 6.07 Å². The highest BCUT2D eigenvalue weighted by Gasteiger charge is 2.41. The van der Waals surface area contributed by atoms with Crippen LogP contribution in [0.3, 0.4) is 0 Å². The molecule has 1 heteroatoms. The predicted octanol–water partition coefficient (Wildman–Crippen LogP) is 3.38. The molecular formula is C18H16O. The van der Waals surface area contributed by atoms with Gasteiger partial charge in [-0.3, -0.25) is 4.79 Å². The highest BCUT2D eigenvalue weighted by Crippen LogP contribution is 2.47. The first kappa shape index (κ1) is 11.0. The van der Waals surface area contributed by atoms with Crippen molar-refractivity contribution in [3.63, 3.8) is 0 Å². The minimum absolute atomic E-state index is 0.382. The second-order valence-corrected chi connectivity index (χ2v) is 6.12. The number of hydrogen-bond acceptors (Lipinski definition) is 1. The van der Waals surface area contributed by atoms with Gasteiger partial charge in [0.1, 0.15) is 6.29 Å². The number of benzene rings is 2. The molecule has 0 saturated carbocycles. The van der Waals surface area contributed by atoms with Crippen LogP contribution in [0.2, 0.25) is 0 Å². The summed E-state index contributed by atoms with van der Waals surface area (Å²) in [6, 6.07) is 15.0. The Labute approximate surface area is 113 Å². The average Bonchev–Trinajstić information content (AvgIpc) is 2.96. The largest absolute Gasteiger partial charge is 0.298 e. The molecule has 0 fully saturated rings. The first-order chi connectivity index (χ1) is 9.28. The van der Waals surface area contributed by atoms with Crippen LogP contribution in [0.4, 0.5) is 0 Å². The summed E-state index contributed by atoms with van der Waals surface area (Å²) in [6.07, 6.45) is 5.62. The second kappa shape index (κ2) is 3.80. The molecule has 2 aromatic carbocycles. The zero-order chi connectivity index (χ0) is 12.9. The smallest absolute Gasteiger partial charge is 0.150 e. The fourth-order valence-electron chi connectivity index (χ4n) is 3.95. The molecule has 94 valence electrons. The van der Waals surface area contributed by atoms with Crippen molar-refractivity contribution < 1.29 is 4.79 Å². The van der Waals surface area contributed by atoms with E-state index in [1.54, 1.807) is 0 Å². The van der Waals surface area contributed by atoms with Gasteiger partial charge in [0.25, 0.3) is 0 Å². The number of aldehydes is 1. The lowest BCUT2D eigenvalue weighted by Gasteiger charge is -2.21. The monoisotopic (exact) mass is 248 g/mol. The van der Waals surface area contributed by atoms with Gasteiger partial charge >= 0.3 is 0 Å². The molecule has 0 aromatic heterocycles. The van der Waals surface area contributed by atoms with E-state index in [1.165, 1.54) is 35.1 Å². The van der Waals surface area contributed by atoms with Gasteiger partial charge in [0.05, 0.1) is 0 Å². The van der Waals surface area contributed by atoms with Crippen LogP contribution in [0.5, 0.6) is 0 Å². The Balaban J connectivity index is 1.70. The topological polar surface area (TPSA) is 17.1 Å². The Bertz CT molecular complexity index is 644. The quantitative estimate of drug-likeness (QED) is 0.707. The zero-order valence-electron chi connectivity index (χ0n) is 10.9. The molecule has 0 amide bonds. The van der Waals surface area contributed by atoms with E-state index >= 15 is 0 Å². The van der Waals surface area contributed by atoms with Gasteiger partial charge in [-0.1, -0.05) is 36.4 Å². The Kier molecular flexibility index (Phi) is 2.20. The highest BCUT2D eigenvalue weighted by molar-refractivity contribution is 5.75. The summed E-state index contributed by atoms with van der Waals surface area (Å²) in [4.78, 5) is 10.9. The fraction of sp³-hybridized carbons (Fsp3) is 0.278. The lowest BCUT2D eigenvalue weighted by molar-refractivity contribution is 0.112. The normalized spacial score (nSPS) is 18.3. The van der Waals surface area contributed by atoms with Crippen LogP contribution in [0, 0.1) is 5.41 Å². The summed E-state index contributed by atoms with van der Waals surface area (Å²) in [7, 11) is 0. The molecule has 0 bridgehead atoms. The van der Waals surface area contributed by atoms with E-state index in [9.17, 15) is 4.79 Å². The lowest BCUT2D eigenvalue weighted by Crippen LogP contribution is -2.21. The van der Waals surface area contributed by atoms with Crippen LogP contribution < -0.4 is 0 Å². The van der Waals surface area contributed by atoms with Crippen molar-refractivity contribution in [2.45, 2.75) is 25.7 Å². The summed E-state index contributed by atoms with van der Waals surface area (Å²) in [6.45, 7) is 0. The molecule has 0 atom stereocenters. The van der Waals surface area contributed by atoms with Crippen LogP contribution in [-0.2, 0) is 25.7 Å². The van der Waals surface area contributed by atoms with Gasteiger partial charge in [-0.2, -0.15) is 0 Å². The molecular weight excluding hydrogens is 232 g/mol. The Morgan fingerprint density at radius 2 is 1.37 bits per heavy atom. The molecule has 4 rings (SSSR count). The van der Waals surface area contributed by atoms with Crippen LogP contribution in [0.15, 0.2) is 42.5 Å². The van der Waals surface area contributed by atoms with Crippen molar-refractivity contribution in [3.8, 4) is 0 Å². The number of carbonyl (C=O) groups excluding carboxylic acids is 1. The minimum atomic E-state index is 0.382. The SMILES string of the molecule is O=Cc1ccc2c(c1)CC1(Cc3ccccc3C1)C2. The van der Waals surface area contributed by atoms with Crippen molar-refractivity contribution >= 4 is 6.29 Å². The number of carbonyl (C=O) groups is 1. The van der Waals surface area contributed by atoms with E-state index in [2.05, 4.69) is 36.4 Å². The van der Waals surface area contributed by atoms with E-state index in [0.717, 1.165) is 24.7 Å². The van der Waals surface area contributed by atoms with Crippen molar-refractivity contribution in [1.82, 2.24) is 0 Å². The van der Waals surface area contributed by atoms with Crippen molar-refractivity contribution in [3.05, 3.63) is 70.3 Å². The fourth-order valence-corrected chi connectivity index (χ4v) is 3.95. The molecule has 0 saturated heterocycles. The maximum absolute atomic E-state index is 10.9. The molecule has 2 aliphatic rings. The molecule has 0 heterocycles. The summed E-state index contributed by atoms with van der Waals surface area (Å²) < 4.78 is 0. The Hall–Kier alpha value is -1.89. The van der Waals surface area contributed by atoms with Gasteiger partial charge in [-0.05, 0) is 59.4 Å². The molecule has 0 radical (unpaired) electrons. The summed E-state index contributed by atoms with van der Waals surface area (Å²) in [5.41, 5.74) is 7.06. The van der Waals surface area contributed by atoms with Gasteiger partial charge in [-0.25, -0.2) is 0 Å². The zero-order valence-corrected chi connectivity index (χ0v) is 10.9. The molecule has 1 nitrogen and oxygen atoms in total. The standard InChI is InChI=1S/C18H16O/c19-12-13-5-6-16-10-18(11-17(16)7-13)8-14-3-1-2-4-15(14)9-18/h1-7,12H,8-11H2. The van der Waals surface area contributed by atoms with E-state index in [-0.39, 0.29) is 0 Å². The Morgan fingerprint density at radius 1 is 0.789 bits per heavy atom. The summed E-state index contributed by atoms with van der Waals surface area (Å²) in [5, 5.41) is 0. The summed E-state index contributed by atoms with van der Waals surface area (Å²) in [5.74, 6) is 0. The Morgan fingerprint density at radius 3 is 2.00 bits per heavy atom. The predicted molar refractivity (Wildman–Crippen MR) is 75.5 cm³/mol. The molecule has 2 aliphatic carbocycles. The summed E-state index contributed by atoms with van der Waals surface area (Å²) >= 11 is 0. The minimum Gasteiger partial charge on any atom is -0.298 e. The van der Waals surface area contributed by atoms with Crippen LogP contribution in [0.1, 0.15) is 32.6 Å². The molecule has 0 aliphatic heterocycles. The van der Waals surface area contributed by atoms with E-state index < -0.39 is 0 Å². The van der Waals surface area contributed by atoms with E-state index in [4.69, 9.17) is 0 Å². The van der Waals surface area contributed by atoms with Crippen molar-refractivity contribution in [2.24, 2.45) is 5.41 Å². The third-order valence-corrected chi connectivity index (χ3v) is 4.75. The maximum atomic E-state index is 10.9. The molecule has 2 aromatic rings. The van der Waals surface area contributed by atoms with Crippen molar-refractivity contribution in [1.29, 1.82) is 0 Å². The number of hydrogen-bond donors (Lipinski definition) is 0. The van der Waals surface area contributed by atoms with Crippen LogP contribution in [-0.4, -0.2) is 6.29 Å². The van der Waals surface area contributed by atoms with Gasteiger partial charge < -0.3 is 0 Å². The number of fused-ring (bicyclic) bond motifs is 2. The molecule has 19 heavy (non-hydrogen) atoms. The first-order valence-corrected chi connectivity index (χ1v) is 6.92. The van der Waals surface area contributed by atoms with Crippen LogP contribution >= 0.6 is 0 Å². The van der Waals surface area contributed by atoms with Gasteiger partial charge in [0, 0.05) is 5.56 Å². The average molecular weight is 248 g/mol. The van der Waals surface area contributed by atoms with Gasteiger partial charge in [0.15, 0.2) is 0 Å². The lowest BCUT2D eigenvalue weighted by atomic mass is 9.82. The third-order valence-electron chi connectivity index (χ3n) is 4.75. The van der Waals surface area contributed by atoms with E-state index in [0.29, 0.717) is 5.41 Å². The molecule has 0 N–H and O–H groups in total. The molecule has 1 spiro atoms.